The maximum Gasteiger partial charge on any atom is 0.227 e. The van der Waals surface area contributed by atoms with Gasteiger partial charge in [-0.15, -0.1) is 0 Å². The van der Waals surface area contributed by atoms with E-state index >= 15 is 0 Å². The topological polar surface area (TPSA) is 41.1 Å². The summed E-state index contributed by atoms with van der Waals surface area (Å²) in [6.07, 6.45) is 4.14. The Morgan fingerprint density at radius 2 is 1.63 bits per heavy atom. The normalized spacial score (nSPS) is 10.5. The van der Waals surface area contributed by atoms with Crippen LogP contribution in [-0.2, 0) is 4.79 Å². The second-order valence-electron chi connectivity index (χ2n) is 4.86. The van der Waals surface area contributed by atoms with Gasteiger partial charge in [0.05, 0.1) is 0 Å². The number of unbranched alkanes of at least 4 members (excludes halogenated alkanes) is 1. The van der Waals surface area contributed by atoms with Crippen LogP contribution in [0, 0.1) is 5.92 Å². The van der Waals surface area contributed by atoms with Crippen LogP contribution >= 0.6 is 0 Å². The Morgan fingerprint density at radius 3 is 2.16 bits per heavy atom. The van der Waals surface area contributed by atoms with E-state index in [-0.39, 0.29) is 11.8 Å². The van der Waals surface area contributed by atoms with E-state index < -0.39 is 0 Å². The Morgan fingerprint density at radius 1 is 1.05 bits per heavy atom. The number of carbonyl (C=O) groups is 1. The number of hydrogen-bond acceptors (Lipinski definition) is 2. The number of nitrogens with one attached hydrogen (secondary N) is 2. The smallest absolute Gasteiger partial charge is 0.227 e. The second-order valence-corrected chi connectivity index (χ2v) is 4.86. The van der Waals surface area contributed by atoms with Crippen LogP contribution in [0.15, 0.2) is 24.3 Å². The Hall–Kier alpha value is -1.51. The summed E-state index contributed by atoms with van der Waals surface area (Å²) in [5.41, 5.74) is 1.98. The first kappa shape index (κ1) is 15.5. The van der Waals surface area contributed by atoms with Crippen molar-refractivity contribution in [3.8, 4) is 0 Å². The third-order valence-electron chi connectivity index (χ3n) is 3.37. The molecule has 0 unspecified atom stereocenters. The van der Waals surface area contributed by atoms with E-state index in [0.29, 0.717) is 0 Å². The lowest BCUT2D eigenvalue weighted by Crippen LogP contribution is -2.21. The molecule has 0 bridgehead atoms. The number of rotatable bonds is 8. The van der Waals surface area contributed by atoms with E-state index in [0.717, 1.165) is 30.8 Å². The van der Waals surface area contributed by atoms with Crippen molar-refractivity contribution in [1.82, 2.24) is 0 Å². The van der Waals surface area contributed by atoms with Gasteiger partial charge in [-0.3, -0.25) is 4.79 Å². The average molecular weight is 262 g/mol. The van der Waals surface area contributed by atoms with Gasteiger partial charge in [-0.25, -0.2) is 0 Å². The Balaban J connectivity index is 2.49. The first-order chi connectivity index (χ1) is 9.21. The number of hydrogen-bond donors (Lipinski definition) is 2. The highest BCUT2D eigenvalue weighted by atomic mass is 16.1. The number of amides is 1. The Bertz CT molecular complexity index is 369. The minimum atomic E-state index is 0.113. The van der Waals surface area contributed by atoms with Crippen molar-refractivity contribution < 1.29 is 4.79 Å². The van der Waals surface area contributed by atoms with Gasteiger partial charge in [0.25, 0.3) is 0 Å². The van der Waals surface area contributed by atoms with Crippen LogP contribution < -0.4 is 10.6 Å². The summed E-state index contributed by atoms with van der Waals surface area (Å²) in [5.74, 6) is 0.235. The fraction of sp³-hybridized carbons (Fsp3) is 0.562. The Labute approximate surface area is 116 Å². The summed E-state index contributed by atoms with van der Waals surface area (Å²) in [4.78, 5) is 11.9. The molecule has 0 fully saturated rings. The van der Waals surface area contributed by atoms with E-state index in [4.69, 9.17) is 0 Å². The standard InChI is InChI=1S/C16H26N2O/c1-4-7-12-17-14-8-10-15(11-9-14)18-16(19)13(5-2)6-3/h8-11,13,17H,4-7,12H2,1-3H3,(H,18,19). The molecule has 0 aliphatic carbocycles. The van der Waals surface area contributed by atoms with Gasteiger partial charge in [-0.2, -0.15) is 0 Å². The van der Waals surface area contributed by atoms with Crippen LogP contribution in [0.25, 0.3) is 0 Å². The molecule has 3 heteroatoms. The molecule has 1 rings (SSSR count). The molecule has 0 saturated heterocycles. The summed E-state index contributed by atoms with van der Waals surface area (Å²) >= 11 is 0. The number of anilines is 2. The maximum absolute atomic E-state index is 11.9. The van der Waals surface area contributed by atoms with E-state index in [2.05, 4.69) is 31.4 Å². The van der Waals surface area contributed by atoms with Gasteiger partial charge >= 0.3 is 0 Å². The van der Waals surface area contributed by atoms with Gasteiger partial charge in [0.2, 0.25) is 5.91 Å². The van der Waals surface area contributed by atoms with Crippen molar-refractivity contribution in [2.45, 2.75) is 46.5 Å². The van der Waals surface area contributed by atoms with Crippen molar-refractivity contribution in [2.24, 2.45) is 5.92 Å². The number of carbonyl (C=O) groups excluding carboxylic acids is 1. The van der Waals surface area contributed by atoms with Crippen molar-refractivity contribution in [3.05, 3.63) is 24.3 Å². The largest absolute Gasteiger partial charge is 0.385 e. The fourth-order valence-corrected chi connectivity index (χ4v) is 1.98. The molecule has 1 aromatic rings. The first-order valence-electron chi connectivity index (χ1n) is 7.36. The molecule has 0 heterocycles. The molecule has 0 atom stereocenters. The highest BCUT2D eigenvalue weighted by molar-refractivity contribution is 5.92. The van der Waals surface area contributed by atoms with Crippen molar-refractivity contribution >= 4 is 17.3 Å². The molecular weight excluding hydrogens is 236 g/mol. The molecule has 0 aromatic heterocycles. The van der Waals surface area contributed by atoms with Crippen LogP contribution in [0.5, 0.6) is 0 Å². The fourth-order valence-electron chi connectivity index (χ4n) is 1.98. The van der Waals surface area contributed by atoms with Gasteiger partial charge in [0, 0.05) is 23.8 Å². The van der Waals surface area contributed by atoms with Crippen molar-refractivity contribution in [2.75, 3.05) is 17.2 Å². The molecule has 0 aliphatic rings. The summed E-state index contributed by atoms with van der Waals surface area (Å²) in [5, 5.41) is 6.33. The third-order valence-corrected chi connectivity index (χ3v) is 3.37. The molecule has 0 aliphatic heterocycles. The molecule has 2 N–H and O–H groups in total. The summed E-state index contributed by atoms with van der Waals surface area (Å²) < 4.78 is 0. The molecule has 0 saturated carbocycles. The van der Waals surface area contributed by atoms with Crippen LogP contribution in [0.4, 0.5) is 11.4 Å². The predicted molar refractivity (Wildman–Crippen MR) is 82.5 cm³/mol. The van der Waals surface area contributed by atoms with Gasteiger partial charge < -0.3 is 10.6 Å². The highest BCUT2D eigenvalue weighted by Crippen LogP contribution is 2.16. The Kier molecular flexibility index (Phi) is 7.01. The zero-order valence-electron chi connectivity index (χ0n) is 12.3. The quantitative estimate of drug-likeness (QED) is 0.687. The molecule has 1 amide bonds. The van der Waals surface area contributed by atoms with Crippen LogP contribution in [0.2, 0.25) is 0 Å². The lowest BCUT2D eigenvalue weighted by atomic mass is 10.0. The van der Waals surface area contributed by atoms with Crippen LogP contribution in [-0.4, -0.2) is 12.5 Å². The van der Waals surface area contributed by atoms with Crippen LogP contribution in [0.3, 0.4) is 0 Å². The predicted octanol–water partition coefficient (Wildman–Crippen LogP) is 4.27. The lowest BCUT2D eigenvalue weighted by Gasteiger charge is -2.13. The van der Waals surface area contributed by atoms with E-state index in [1.54, 1.807) is 0 Å². The lowest BCUT2D eigenvalue weighted by molar-refractivity contribution is -0.120. The summed E-state index contributed by atoms with van der Waals surface area (Å²) in [6, 6.07) is 7.93. The van der Waals surface area contributed by atoms with Gasteiger partial charge in [0.1, 0.15) is 0 Å². The van der Waals surface area contributed by atoms with E-state index in [1.807, 2.05) is 24.3 Å². The molecule has 106 valence electrons. The van der Waals surface area contributed by atoms with E-state index in [9.17, 15) is 4.79 Å². The molecule has 0 spiro atoms. The van der Waals surface area contributed by atoms with Crippen molar-refractivity contribution in [1.29, 1.82) is 0 Å². The number of benzene rings is 1. The third kappa shape index (κ3) is 5.33. The average Bonchev–Trinajstić information content (AvgIpc) is 2.42. The molecule has 19 heavy (non-hydrogen) atoms. The van der Waals surface area contributed by atoms with Gasteiger partial charge in [-0.1, -0.05) is 27.2 Å². The van der Waals surface area contributed by atoms with Gasteiger partial charge in [-0.05, 0) is 43.5 Å². The molecule has 0 radical (unpaired) electrons. The SMILES string of the molecule is CCCCNc1ccc(NC(=O)C(CC)CC)cc1. The van der Waals surface area contributed by atoms with Crippen molar-refractivity contribution in [3.63, 3.8) is 0 Å². The zero-order valence-corrected chi connectivity index (χ0v) is 12.3. The second kappa shape index (κ2) is 8.57. The minimum Gasteiger partial charge on any atom is -0.385 e. The summed E-state index contributed by atoms with van der Waals surface area (Å²) in [6.45, 7) is 7.27. The molecule has 1 aromatic carbocycles. The molecular formula is C16H26N2O. The first-order valence-corrected chi connectivity index (χ1v) is 7.36. The zero-order chi connectivity index (χ0) is 14.1. The monoisotopic (exact) mass is 262 g/mol. The minimum absolute atomic E-state index is 0.113. The van der Waals surface area contributed by atoms with Gasteiger partial charge in [0.15, 0.2) is 0 Å². The van der Waals surface area contributed by atoms with E-state index in [1.165, 1.54) is 12.8 Å². The summed E-state index contributed by atoms with van der Waals surface area (Å²) in [7, 11) is 0. The molecule has 3 nitrogen and oxygen atoms in total. The highest BCUT2D eigenvalue weighted by Gasteiger charge is 2.13. The maximum atomic E-state index is 11.9. The van der Waals surface area contributed by atoms with Crippen LogP contribution in [0.1, 0.15) is 46.5 Å².